The van der Waals surface area contributed by atoms with E-state index in [1.54, 1.807) is 0 Å². The maximum Gasteiger partial charge on any atom is 0.203 e. The summed E-state index contributed by atoms with van der Waals surface area (Å²) in [6.45, 7) is 8.75. The van der Waals surface area contributed by atoms with Crippen molar-refractivity contribution in [2.45, 2.75) is 19.9 Å². The number of thiophene rings is 1. The number of aromatic nitrogens is 2. The van der Waals surface area contributed by atoms with E-state index in [0.29, 0.717) is 6.04 Å². The fourth-order valence-electron chi connectivity index (χ4n) is 1.74. The number of imidazole rings is 1. The van der Waals surface area contributed by atoms with Crippen LogP contribution < -0.4 is 5.32 Å². The van der Waals surface area contributed by atoms with Crippen LogP contribution in [0.25, 0.3) is 0 Å². The molecule has 0 saturated heterocycles. The first kappa shape index (κ1) is 11.9. The van der Waals surface area contributed by atoms with Gasteiger partial charge < -0.3 is 9.88 Å². The van der Waals surface area contributed by atoms with Gasteiger partial charge in [0.1, 0.15) is 0 Å². The van der Waals surface area contributed by atoms with Gasteiger partial charge in [0.25, 0.3) is 0 Å². The van der Waals surface area contributed by atoms with Gasteiger partial charge in [-0.2, -0.15) is 0 Å². The average molecular weight is 247 g/mol. The molecule has 2 heterocycles. The molecule has 2 aromatic heterocycles. The van der Waals surface area contributed by atoms with E-state index in [9.17, 15) is 0 Å². The molecule has 0 saturated carbocycles. The lowest BCUT2D eigenvalue weighted by molar-refractivity contribution is 0.656. The van der Waals surface area contributed by atoms with Gasteiger partial charge in [-0.15, -0.1) is 17.9 Å². The molecule has 0 amide bonds. The zero-order valence-electron chi connectivity index (χ0n) is 10.2. The van der Waals surface area contributed by atoms with Crippen molar-refractivity contribution in [1.29, 1.82) is 0 Å². The van der Waals surface area contributed by atoms with Gasteiger partial charge in [-0.3, -0.25) is 0 Å². The first-order valence-corrected chi connectivity index (χ1v) is 6.48. The normalized spacial score (nSPS) is 12.4. The Labute approximate surface area is 106 Å². The highest BCUT2D eigenvalue weighted by Gasteiger charge is 2.12. The largest absolute Gasteiger partial charge is 0.352 e. The standard InChI is InChI=1S/C13H17N3S/c1-4-7-14-13-15-8-9-16(13)11(3)12-6-5-10(2)17-12/h4-6,8-9,11H,1,7H2,2-3H3,(H,14,15). The Morgan fingerprint density at radius 2 is 2.41 bits per heavy atom. The highest BCUT2D eigenvalue weighted by molar-refractivity contribution is 7.12. The molecule has 0 fully saturated rings. The summed E-state index contributed by atoms with van der Waals surface area (Å²) in [6, 6.07) is 4.65. The molecule has 1 N–H and O–H groups in total. The Morgan fingerprint density at radius 1 is 1.59 bits per heavy atom. The highest BCUT2D eigenvalue weighted by atomic mass is 32.1. The third kappa shape index (κ3) is 2.58. The zero-order valence-corrected chi connectivity index (χ0v) is 11.0. The summed E-state index contributed by atoms with van der Waals surface area (Å²) in [6.07, 6.45) is 5.66. The maximum atomic E-state index is 4.32. The number of anilines is 1. The Morgan fingerprint density at radius 3 is 3.06 bits per heavy atom. The van der Waals surface area contributed by atoms with Crippen LogP contribution in [0.5, 0.6) is 0 Å². The van der Waals surface area contributed by atoms with Crippen molar-refractivity contribution in [2.24, 2.45) is 0 Å². The van der Waals surface area contributed by atoms with Crippen molar-refractivity contribution >= 4 is 17.3 Å². The third-order valence-corrected chi connectivity index (χ3v) is 3.83. The molecule has 0 aliphatic heterocycles. The van der Waals surface area contributed by atoms with Crippen LogP contribution in [0.4, 0.5) is 5.95 Å². The molecule has 0 aliphatic rings. The van der Waals surface area contributed by atoms with Crippen molar-refractivity contribution in [1.82, 2.24) is 9.55 Å². The third-order valence-electron chi connectivity index (χ3n) is 2.66. The molecule has 0 aromatic carbocycles. The maximum absolute atomic E-state index is 4.32. The zero-order chi connectivity index (χ0) is 12.3. The van der Waals surface area contributed by atoms with Gasteiger partial charge in [-0.1, -0.05) is 6.08 Å². The first-order valence-electron chi connectivity index (χ1n) is 5.66. The number of rotatable bonds is 5. The van der Waals surface area contributed by atoms with E-state index in [-0.39, 0.29) is 0 Å². The van der Waals surface area contributed by atoms with Gasteiger partial charge in [-0.25, -0.2) is 4.98 Å². The number of hydrogen-bond donors (Lipinski definition) is 1. The van der Waals surface area contributed by atoms with Crippen molar-refractivity contribution < 1.29 is 0 Å². The lowest BCUT2D eigenvalue weighted by Crippen LogP contribution is -2.10. The molecule has 17 heavy (non-hydrogen) atoms. The minimum absolute atomic E-state index is 0.309. The molecule has 90 valence electrons. The SMILES string of the molecule is C=CCNc1nccn1C(C)c1ccc(C)s1. The van der Waals surface area contributed by atoms with Crippen LogP contribution in [-0.2, 0) is 0 Å². The molecule has 0 bridgehead atoms. The van der Waals surface area contributed by atoms with Crippen LogP contribution >= 0.6 is 11.3 Å². The molecule has 0 radical (unpaired) electrons. The molecule has 1 atom stereocenters. The van der Waals surface area contributed by atoms with E-state index in [2.05, 4.69) is 47.4 Å². The van der Waals surface area contributed by atoms with Crippen molar-refractivity contribution in [3.63, 3.8) is 0 Å². The van der Waals surface area contributed by atoms with Gasteiger partial charge in [0.15, 0.2) is 0 Å². The average Bonchev–Trinajstić information content (AvgIpc) is 2.94. The van der Waals surface area contributed by atoms with Crippen LogP contribution in [0, 0.1) is 6.92 Å². The lowest BCUT2D eigenvalue weighted by Gasteiger charge is -2.15. The summed E-state index contributed by atoms with van der Waals surface area (Å²) in [5, 5.41) is 3.24. The summed E-state index contributed by atoms with van der Waals surface area (Å²) in [4.78, 5) is 7.01. The minimum Gasteiger partial charge on any atom is -0.352 e. The second kappa shape index (κ2) is 5.19. The van der Waals surface area contributed by atoms with Crippen LogP contribution in [0.1, 0.15) is 22.7 Å². The lowest BCUT2D eigenvalue weighted by atomic mass is 10.2. The van der Waals surface area contributed by atoms with Crippen molar-refractivity contribution in [2.75, 3.05) is 11.9 Å². The van der Waals surface area contributed by atoms with Crippen molar-refractivity contribution in [3.8, 4) is 0 Å². The summed E-state index contributed by atoms with van der Waals surface area (Å²) in [7, 11) is 0. The molecule has 4 heteroatoms. The minimum atomic E-state index is 0.309. The van der Waals surface area contributed by atoms with E-state index in [1.165, 1.54) is 9.75 Å². The van der Waals surface area contributed by atoms with Gasteiger partial charge in [0, 0.05) is 28.7 Å². The van der Waals surface area contributed by atoms with Crippen LogP contribution in [-0.4, -0.2) is 16.1 Å². The van der Waals surface area contributed by atoms with Crippen LogP contribution in [0.15, 0.2) is 37.2 Å². The number of nitrogens with one attached hydrogen (secondary N) is 1. The van der Waals surface area contributed by atoms with E-state index in [1.807, 2.05) is 29.8 Å². The smallest absolute Gasteiger partial charge is 0.203 e. The summed E-state index contributed by atoms with van der Waals surface area (Å²) in [5.74, 6) is 0.892. The summed E-state index contributed by atoms with van der Waals surface area (Å²) in [5.41, 5.74) is 0. The molecule has 0 aliphatic carbocycles. The second-order valence-electron chi connectivity index (χ2n) is 3.95. The second-order valence-corrected chi connectivity index (χ2v) is 5.27. The van der Waals surface area contributed by atoms with Gasteiger partial charge in [0.05, 0.1) is 6.04 Å². The molecule has 1 unspecified atom stereocenters. The van der Waals surface area contributed by atoms with Crippen LogP contribution in [0.2, 0.25) is 0 Å². The fourth-order valence-corrected chi connectivity index (χ4v) is 2.67. The highest BCUT2D eigenvalue weighted by Crippen LogP contribution is 2.27. The first-order chi connectivity index (χ1) is 8.22. The molecular formula is C13H17N3S. The van der Waals surface area contributed by atoms with Crippen LogP contribution in [0.3, 0.4) is 0 Å². The van der Waals surface area contributed by atoms with Gasteiger partial charge in [-0.05, 0) is 26.0 Å². The fraction of sp³-hybridized carbons (Fsp3) is 0.308. The van der Waals surface area contributed by atoms with Crippen molar-refractivity contribution in [3.05, 3.63) is 46.9 Å². The quantitative estimate of drug-likeness (QED) is 0.820. The Balaban J connectivity index is 2.21. The van der Waals surface area contributed by atoms with E-state index in [4.69, 9.17) is 0 Å². The van der Waals surface area contributed by atoms with Gasteiger partial charge >= 0.3 is 0 Å². The Hall–Kier alpha value is -1.55. The number of hydrogen-bond acceptors (Lipinski definition) is 3. The van der Waals surface area contributed by atoms with E-state index < -0.39 is 0 Å². The predicted molar refractivity (Wildman–Crippen MR) is 73.8 cm³/mol. The summed E-state index contributed by atoms with van der Waals surface area (Å²) < 4.78 is 2.15. The van der Waals surface area contributed by atoms with E-state index in [0.717, 1.165) is 12.5 Å². The monoisotopic (exact) mass is 247 g/mol. The topological polar surface area (TPSA) is 29.9 Å². The summed E-state index contributed by atoms with van der Waals surface area (Å²) >= 11 is 1.83. The Bertz CT molecular complexity index is 498. The molecular weight excluding hydrogens is 230 g/mol. The van der Waals surface area contributed by atoms with E-state index >= 15 is 0 Å². The predicted octanol–water partition coefficient (Wildman–Crippen LogP) is 3.46. The van der Waals surface area contributed by atoms with Gasteiger partial charge in [0.2, 0.25) is 5.95 Å². The molecule has 2 rings (SSSR count). The molecule has 2 aromatic rings. The molecule has 3 nitrogen and oxygen atoms in total. The number of aryl methyl sites for hydroxylation is 1. The molecule has 0 spiro atoms. The number of nitrogens with zero attached hydrogens (tertiary/aromatic N) is 2. The Kier molecular flexibility index (Phi) is 3.64.